The average molecular weight is 252 g/mol. The van der Waals surface area contributed by atoms with Crippen LogP contribution in [-0.2, 0) is 9.53 Å². The highest BCUT2D eigenvalue weighted by atomic mass is 35.5. The van der Waals surface area contributed by atoms with Crippen molar-refractivity contribution in [2.24, 2.45) is 0 Å². The van der Waals surface area contributed by atoms with E-state index in [0.29, 0.717) is 15.8 Å². The molecular weight excluding hydrogens is 242 g/mol. The number of aliphatic hydroxyl groups is 1. The van der Waals surface area contributed by atoms with E-state index in [1.807, 2.05) is 0 Å². The van der Waals surface area contributed by atoms with Gasteiger partial charge < -0.3 is 14.9 Å². The van der Waals surface area contributed by atoms with Gasteiger partial charge in [-0.3, -0.25) is 0 Å². The third-order valence-electron chi connectivity index (χ3n) is 1.53. The van der Waals surface area contributed by atoms with Gasteiger partial charge in [-0.15, -0.1) is 11.3 Å². The highest BCUT2D eigenvalue weighted by Crippen LogP contribution is 2.26. The maximum absolute atomic E-state index is 10.8. The molecule has 15 heavy (non-hydrogen) atoms. The van der Waals surface area contributed by atoms with E-state index >= 15 is 0 Å². The van der Waals surface area contributed by atoms with Crippen LogP contribution in [0.1, 0.15) is 17.5 Å². The van der Waals surface area contributed by atoms with Gasteiger partial charge in [0, 0.05) is 6.61 Å². The van der Waals surface area contributed by atoms with Crippen LogP contribution in [0.25, 0.3) is 0 Å². The second-order valence-electron chi connectivity index (χ2n) is 2.67. The monoisotopic (exact) mass is 251 g/mol. The van der Waals surface area contributed by atoms with Gasteiger partial charge in [-0.05, 0) is 6.42 Å². The fourth-order valence-corrected chi connectivity index (χ4v) is 1.87. The number of halogens is 1. The second-order valence-corrected chi connectivity index (χ2v) is 4.36. The molecule has 0 radical (unpaired) electrons. The van der Waals surface area contributed by atoms with E-state index in [-0.39, 0.29) is 13.2 Å². The molecule has 1 atom stereocenters. The van der Waals surface area contributed by atoms with Crippen molar-refractivity contribution in [3.8, 4) is 0 Å². The first-order chi connectivity index (χ1) is 7.15. The third kappa shape index (κ3) is 3.75. The van der Waals surface area contributed by atoms with Gasteiger partial charge in [0.2, 0.25) is 6.10 Å². The van der Waals surface area contributed by atoms with E-state index in [1.54, 1.807) is 0 Å². The molecule has 84 valence electrons. The molecular formula is C8H10ClNO4S. The summed E-state index contributed by atoms with van der Waals surface area (Å²) in [6.07, 6.45) is 0.671. The minimum Gasteiger partial charge on any atom is -0.479 e. The van der Waals surface area contributed by atoms with Gasteiger partial charge in [0.25, 0.3) is 0 Å². The fraction of sp³-hybridized carbons (Fsp3) is 0.500. The van der Waals surface area contributed by atoms with Gasteiger partial charge in [-0.25, -0.2) is 9.78 Å². The number of nitrogens with zero attached hydrogens (tertiary/aromatic N) is 1. The van der Waals surface area contributed by atoms with Crippen molar-refractivity contribution in [3.63, 3.8) is 0 Å². The predicted octanol–water partition coefficient (Wildman–Crippen LogP) is 1.32. The molecule has 0 saturated heterocycles. The van der Waals surface area contributed by atoms with Crippen LogP contribution >= 0.6 is 22.9 Å². The van der Waals surface area contributed by atoms with E-state index in [4.69, 9.17) is 26.6 Å². The SMILES string of the molecule is O=C(O)C(OCCCO)c1ncc(Cl)s1. The number of aliphatic hydroxyl groups excluding tert-OH is 1. The highest BCUT2D eigenvalue weighted by Gasteiger charge is 2.23. The largest absolute Gasteiger partial charge is 0.479 e. The molecule has 1 aromatic heterocycles. The summed E-state index contributed by atoms with van der Waals surface area (Å²) in [5.41, 5.74) is 0. The number of ether oxygens (including phenoxy) is 1. The molecule has 1 unspecified atom stereocenters. The molecule has 0 aliphatic rings. The van der Waals surface area contributed by atoms with Crippen LogP contribution in [-0.4, -0.2) is 34.4 Å². The zero-order valence-corrected chi connectivity index (χ0v) is 9.29. The summed E-state index contributed by atoms with van der Waals surface area (Å²) in [6, 6.07) is 0. The van der Waals surface area contributed by atoms with Crippen molar-refractivity contribution in [1.29, 1.82) is 0 Å². The maximum Gasteiger partial charge on any atom is 0.340 e. The van der Waals surface area contributed by atoms with Crippen molar-refractivity contribution < 1.29 is 19.7 Å². The third-order valence-corrected chi connectivity index (χ3v) is 2.69. The number of thiazole rings is 1. The zero-order valence-electron chi connectivity index (χ0n) is 7.72. The first kappa shape index (κ1) is 12.4. The Bertz CT molecular complexity index is 330. The molecule has 0 aromatic carbocycles. The lowest BCUT2D eigenvalue weighted by molar-refractivity contribution is -0.151. The fourth-order valence-electron chi connectivity index (χ4n) is 0.902. The van der Waals surface area contributed by atoms with Crippen LogP contribution in [0, 0.1) is 0 Å². The molecule has 0 fully saturated rings. The second kappa shape index (κ2) is 6.02. The number of rotatable bonds is 6. The molecule has 1 heterocycles. The molecule has 0 aliphatic carbocycles. The van der Waals surface area contributed by atoms with Crippen molar-refractivity contribution in [1.82, 2.24) is 4.98 Å². The molecule has 7 heteroatoms. The molecule has 5 nitrogen and oxygen atoms in total. The van der Waals surface area contributed by atoms with Crippen LogP contribution in [0.3, 0.4) is 0 Å². The van der Waals surface area contributed by atoms with Crippen LogP contribution in [0.15, 0.2) is 6.20 Å². The number of hydrogen-bond acceptors (Lipinski definition) is 5. The summed E-state index contributed by atoms with van der Waals surface area (Å²) >= 11 is 6.71. The Balaban J connectivity index is 2.62. The normalized spacial score (nSPS) is 12.7. The smallest absolute Gasteiger partial charge is 0.340 e. The van der Waals surface area contributed by atoms with E-state index in [1.165, 1.54) is 6.20 Å². The summed E-state index contributed by atoms with van der Waals surface area (Å²) in [4.78, 5) is 14.7. The first-order valence-corrected chi connectivity index (χ1v) is 5.41. The molecule has 0 aliphatic heterocycles. The molecule has 0 saturated carbocycles. The molecule has 0 amide bonds. The Kier molecular flexibility index (Phi) is 4.97. The van der Waals surface area contributed by atoms with E-state index in [0.717, 1.165) is 11.3 Å². The van der Waals surface area contributed by atoms with E-state index in [9.17, 15) is 4.79 Å². The molecule has 2 N–H and O–H groups in total. The highest BCUT2D eigenvalue weighted by molar-refractivity contribution is 7.15. The molecule has 0 spiro atoms. The minimum absolute atomic E-state index is 0.0367. The Labute approximate surface area is 95.3 Å². The Morgan fingerprint density at radius 2 is 2.47 bits per heavy atom. The average Bonchev–Trinajstić information content (AvgIpc) is 2.59. The van der Waals surface area contributed by atoms with Crippen LogP contribution in [0.2, 0.25) is 4.34 Å². The van der Waals surface area contributed by atoms with Crippen LogP contribution in [0.5, 0.6) is 0 Å². The Morgan fingerprint density at radius 1 is 1.73 bits per heavy atom. The van der Waals surface area contributed by atoms with Gasteiger partial charge in [-0.1, -0.05) is 11.6 Å². The lowest BCUT2D eigenvalue weighted by atomic mass is 10.3. The number of hydrogen-bond donors (Lipinski definition) is 2. The maximum atomic E-state index is 10.8. The Morgan fingerprint density at radius 3 is 2.93 bits per heavy atom. The van der Waals surface area contributed by atoms with Crippen molar-refractivity contribution in [3.05, 3.63) is 15.5 Å². The summed E-state index contributed by atoms with van der Waals surface area (Å²) in [7, 11) is 0. The Hall–Kier alpha value is -0.690. The van der Waals surface area contributed by atoms with Gasteiger partial charge in [-0.2, -0.15) is 0 Å². The van der Waals surface area contributed by atoms with Gasteiger partial charge in [0.15, 0.2) is 0 Å². The van der Waals surface area contributed by atoms with Crippen molar-refractivity contribution in [2.75, 3.05) is 13.2 Å². The molecule has 1 aromatic rings. The summed E-state index contributed by atoms with van der Waals surface area (Å²) in [5.74, 6) is -1.11. The lowest BCUT2D eigenvalue weighted by Gasteiger charge is -2.09. The van der Waals surface area contributed by atoms with E-state index in [2.05, 4.69) is 4.98 Å². The van der Waals surface area contributed by atoms with Crippen LogP contribution in [0.4, 0.5) is 0 Å². The van der Waals surface area contributed by atoms with Gasteiger partial charge in [0.1, 0.15) is 9.34 Å². The minimum atomic E-state index is -1.11. The molecule has 0 bridgehead atoms. The van der Waals surface area contributed by atoms with E-state index < -0.39 is 12.1 Å². The number of carboxylic acids is 1. The first-order valence-electron chi connectivity index (χ1n) is 4.21. The topological polar surface area (TPSA) is 79.7 Å². The predicted molar refractivity (Wildman–Crippen MR) is 55.2 cm³/mol. The van der Waals surface area contributed by atoms with Gasteiger partial charge >= 0.3 is 5.97 Å². The summed E-state index contributed by atoms with van der Waals surface area (Å²) in [5, 5.41) is 17.7. The number of carboxylic acid groups (broad SMARTS) is 1. The number of aromatic nitrogens is 1. The van der Waals surface area contributed by atoms with Crippen LogP contribution < -0.4 is 0 Å². The lowest BCUT2D eigenvalue weighted by Crippen LogP contribution is -2.16. The zero-order chi connectivity index (χ0) is 11.3. The van der Waals surface area contributed by atoms with Gasteiger partial charge in [0.05, 0.1) is 12.8 Å². The molecule has 1 rings (SSSR count). The summed E-state index contributed by atoms with van der Waals surface area (Å²) < 4.78 is 5.49. The van der Waals surface area contributed by atoms with Crippen molar-refractivity contribution in [2.45, 2.75) is 12.5 Å². The standard InChI is InChI=1S/C8H10ClNO4S/c9-5-4-10-7(15-5)6(8(12)13)14-3-1-2-11/h4,6,11H,1-3H2,(H,12,13). The number of aliphatic carboxylic acids is 1. The summed E-state index contributed by atoms with van der Waals surface area (Å²) in [6.45, 7) is 0.135. The quantitative estimate of drug-likeness (QED) is 0.746. The van der Waals surface area contributed by atoms with Crippen molar-refractivity contribution >= 4 is 28.9 Å². The number of carbonyl (C=O) groups is 1.